The summed E-state index contributed by atoms with van der Waals surface area (Å²) in [5, 5.41) is 0.559. The molecule has 0 aliphatic carbocycles. The quantitative estimate of drug-likeness (QED) is 0.537. The largest absolute Gasteiger partial charge is 0.470 e. The highest BCUT2D eigenvalue weighted by molar-refractivity contribution is 7.80. The Balaban J connectivity index is 3.12. The lowest BCUT2D eigenvalue weighted by molar-refractivity contribution is 0.562. The predicted octanol–water partition coefficient (Wildman–Crippen LogP) is 2.22. The summed E-state index contributed by atoms with van der Waals surface area (Å²) in [7, 11) is 0. The molecule has 0 fully saturated rings. The summed E-state index contributed by atoms with van der Waals surface area (Å²) in [5.41, 5.74) is 0. The summed E-state index contributed by atoms with van der Waals surface area (Å²) in [6, 6.07) is 0. The Morgan fingerprint density at radius 2 is 2.29 bits per heavy atom. The molecule has 1 nitrogen and oxygen atoms in total. The molecule has 0 bridgehead atoms. The normalized spacial score (nSPS) is 9.43. The van der Waals surface area contributed by atoms with E-state index in [9.17, 15) is 0 Å². The molecule has 7 heavy (non-hydrogen) atoms. The molecule has 1 aromatic rings. The van der Waals surface area contributed by atoms with Gasteiger partial charge < -0.3 is 4.42 Å². The minimum Gasteiger partial charge on any atom is -0.470 e. The van der Waals surface area contributed by atoms with Gasteiger partial charge >= 0.3 is 0 Å². The van der Waals surface area contributed by atoms with Crippen LogP contribution in [0.2, 0.25) is 5.02 Å². The lowest BCUT2D eigenvalue weighted by atomic mass is 10.7. The van der Waals surface area contributed by atoms with Crippen LogP contribution in [-0.4, -0.2) is 0 Å². The third kappa shape index (κ3) is 0.924. The first kappa shape index (κ1) is 5.06. The molecule has 0 saturated heterocycles. The average Bonchev–Trinajstić information content (AvgIpc) is 1.91. The van der Waals surface area contributed by atoms with Crippen LogP contribution in [0.15, 0.2) is 21.8 Å². The van der Waals surface area contributed by atoms with Gasteiger partial charge in [0.15, 0.2) is 0 Å². The molecule has 0 unspecified atom stereocenters. The van der Waals surface area contributed by atoms with Crippen LogP contribution >= 0.6 is 24.2 Å². The molecule has 1 aromatic heterocycles. The lowest BCUT2D eigenvalue weighted by Crippen LogP contribution is -1.47. The van der Waals surface area contributed by atoms with E-state index in [1.807, 2.05) is 0 Å². The van der Waals surface area contributed by atoms with Gasteiger partial charge in [-0.05, 0) is 0 Å². The van der Waals surface area contributed by atoms with Gasteiger partial charge in [0.2, 0.25) is 0 Å². The third-order valence-electron chi connectivity index (χ3n) is 0.596. The maximum atomic E-state index is 5.45. The van der Waals surface area contributed by atoms with Crippen molar-refractivity contribution >= 4 is 24.2 Å². The number of halogens is 1. The van der Waals surface area contributed by atoms with Crippen LogP contribution in [0.4, 0.5) is 0 Å². The highest BCUT2D eigenvalue weighted by atomic mass is 35.5. The topological polar surface area (TPSA) is 13.1 Å². The fourth-order valence-electron chi connectivity index (χ4n) is 0.275. The van der Waals surface area contributed by atoms with E-state index < -0.39 is 0 Å². The van der Waals surface area contributed by atoms with Gasteiger partial charge in [-0.15, -0.1) is 12.6 Å². The summed E-state index contributed by atoms with van der Waals surface area (Å²) in [6.45, 7) is 0. The van der Waals surface area contributed by atoms with Crippen LogP contribution < -0.4 is 0 Å². The molecule has 0 saturated carbocycles. The zero-order valence-electron chi connectivity index (χ0n) is 3.39. The molecule has 0 aliphatic rings. The summed E-state index contributed by atoms with van der Waals surface area (Å²) in [6.07, 6.45) is 2.91. The van der Waals surface area contributed by atoms with Crippen LogP contribution in [0.25, 0.3) is 0 Å². The summed E-state index contributed by atoms with van der Waals surface area (Å²) < 4.78 is 4.64. The Morgan fingerprint density at radius 1 is 1.57 bits per heavy atom. The van der Waals surface area contributed by atoms with Gasteiger partial charge in [0, 0.05) is 0 Å². The van der Waals surface area contributed by atoms with Gasteiger partial charge in [0.05, 0.1) is 9.92 Å². The SMILES string of the molecule is Sc1cocc1Cl. The van der Waals surface area contributed by atoms with Gasteiger partial charge in [-0.3, -0.25) is 0 Å². The average molecular weight is 135 g/mol. The van der Waals surface area contributed by atoms with Gasteiger partial charge in [-0.25, -0.2) is 0 Å². The minimum absolute atomic E-state index is 0.559. The van der Waals surface area contributed by atoms with Crippen molar-refractivity contribution in [3.05, 3.63) is 17.5 Å². The molecule has 1 rings (SSSR count). The van der Waals surface area contributed by atoms with Crippen LogP contribution in [0.3, 0.4) is 0 Å². The fourth-order valence-corrected chi connectivity index (χ4v) is 0.484. The van der Waals surface area contributed by atoms with Crippen molar-refractivity contribution in [1.29, 1.82) is 0 Å². The molecule has 0 spiro atoms. The second-order valence-corrected chi connectivity index (χ2v) is 1.99. The van der Waals surface area contributed by atoms with Gasteiger partial charge in [0.1, 0.15) is 12.5 Å². The maximum Gasteiger partial charge on any atom is 0.110 e. The molecule has 0 N–H and O–H groups in total. The van der Waals surface area contributed by atoms with Crippen LogP contribution in [0.5, 0.6) is 0 Å². The summed E-state index contributed by atoms with van der Waals surface area (Å²) >= 11 is 9.38. The summed E-state index contributed by atoms with van der Waals surface area (Å²) in [5.74, 6) is 0. The van der Waals surface area contributed by atoms with Gasteiger partial charge in [0.25, 0.3) is 0 Å². The number of hydrogen-bond acceptors (Lipinski definition) is 2. The smallest absolute Gasteiger partial charge is 0.110 e. The molecule has 0 radical (unpaired) electrons. The molecular weight excluding hydrogens is 132 g/mol. The van der Waals surface area contributed by atoms with Crippen LogP contribution in [0, 0.1) is 0 Å². The van der Waals surface area contributed by atoms with E-state index in [0.29, 0.717) is 9.92 Å². The third-order valence-corrected chi connectivity index (χ3v) is 1.37. The lowest BCUT2D eigenvalue weighted by Gasteiger charge is -1.72. The molecule has 0 aromatic carbocycles. The van der Waals surface area contributed by atoms with E-state index in [1.165, 1.54) is 12.5 Å². The monoisotopic (exact) mass is 134 g/mol. The van der Waals surface area contributed by atoms with E-state index in [1.54, 1.807) is 0 Å². The van der Waals surface area contributed by atoms with Crippen molar-refractivity contribution in [3.63, 3.8) is 0 Å². The molecule has 38 valence electrons. The molecule has 3 heteroatoms. The number of thiol groups is 1. The van der Waals surface area contributed by atoms with E-state index in [0.717, 1.165) is 0 Å². The predicted molar refractivity (Wildman–Crippen MR) is 31.0 cm³/mol. The van der Waals surface area contributed by atoms with Crippen molar-refractivity contribution in [2.24, 2.45) is 0 Å². The van der Waals surface area contributed by atoms with Crippen molar-refractivity contribution in [2.45, 2.75) is 4.90 Å². The van der Waals surface area contributed by atoms with E-state index in [-0.39, 0.29) is 0 Å². The van der Waals surface area contributed by atoms with E-state index >= 15 is 0 Å². The fraction of sp³-hybridized carbons (Fsp3) is 0. The van der Waals surface area contributed by atoms with Crippen molar-refractivity contribution in [3.8, 4) is 0 Å². The first-order valence-corrected chi connectivity index (χ1v) is 2.54. The molecule has 0 amide bonds. The standard InChI is InChI=1S/C4H3ClOS/c5-3-1-6-2-4(3)7/h1-2,7H. The minimum atomic E-state index is 0.559. The van der Waals surface area contributed by atoms with Crippen LogP contribution in [-0.2, 0) is 0 Å². The Labute approximate surface area is 51.7 Å². The highest BCUT2D eigenvalue weighted by Crippen LogP contribution is 2.19. The number of furan rings is 1. The Hall–Kier alpha value is -0.0800. The van der Waals surface area contributed by atoms with Gasteiger partial charge in [-0.1, -0.05) is 11.6 Å². The van der Waals surface area contributed by atoms with Crippen LogP contribution in [0.1, 0.15) is 0 Å². The Morgan fingerprint density at radius 3 is 2.43 bits per heavy atom. The van der Waals surface area contributed by atoms with Crippen molar-refractivity contribution in [1.82, 2.24) is 0 Å². The van der Waals surface area contributed by atoms with Gasteiger partial charge in [-0.2, -0.15) is 0 Å². The second kappa shape index (κ2) is 1.80. The first-order chi connectivity index (χ1) is 3.30. The van der Waals surface area contributed by atoms with E-state index in [4.69, 9.17) is 11.6 Å². The zero-order chi connectivity index (χ0) is 5.28. The second-order valence-electron chi connectivity index (χ2n) is 1.10. The maximum absolute atomic E-state index is 5.45. The first-order valence-electron chi connectivity index (χ1n) is 1.71. The number of hydrogen-bond donors (Lipinski definition) is 1. The Kier molecular flexibility index (Phi) is 1.30. The Bertz CT molecular complexity index is 144. The van der Waals surface area contributed by atoms with E-state index in [2.05, 4.69) is 17.0 Å². The summed E-state index contributed by atoms with van der Waals surface area (Å²) in [4.78, 5) is 0.682. The molecular formula is C4H3ClOS. The highest BCUT2D eigenvalue weighted by Gasteiger charge is 1.92. The molecule has 0 aliphatic heterocycles. The zero-order valence-corrected chi connectivity index (χ0v) is 5.04. The number of rotatable bonds is 0. The molecule has 1 heterocycles. The van der Waals surface area contributed by atoms with Crippen molar-refractivity contribution in [2.75, 3.05) is 0 Å². The van der Waals surface area contributed by atoms with Crippen molar-refractivity contribution < 1.29 is 4.42 Å². The molecule has 0 atom stereocenters.